The van der Waals surface area contributed by atoms with Crippen molar-refractivity contribution in [3.05, 3.63) is 13.8 Å². The maximum absolute atomic E-state index is 7.56. The molecule has 0 amide bonds. The number of rotatable bonds is 10. The summed E-state index contributed by atoms with van der Waals surface area (Å²) in [6.45, 7) is 4.44. The molecule has 0 aromatic rings. The van der Waals surface area contributed by atoms with E-state index in [1.165, 1.54) is 64.2 Å². The van der Waals surface area contributed by atoms with Crippen LogP contribution in [0.3, 0.4) is 0 Å². The Kier molecular flexibility index (Phi) is 43.4. The third-order valence-electron chi connectivity index (χ3n) is 2.71. The minimum atomic E-state index is -3.81. The zero-order valence-corrected chi connectivity index (χ0v) is 23.4. The van der Waals surface area contributed by atoms with Gasteiger partial charge in [0, 0.05) is 0 Å². The van der Waals surface area contributed by atoms with E-state index in [-0.39, 0.29) is 19.5 Å². The van der Waals surface area contributed by atoms with Gasteiger partial charge in [0.15, 0.2) is 0 Å². The predicted octanol–water partition coefficient (Wildman–Crippen LogP) is 4.74. The van der Waals surface area contributed by atoms with Gasteiger partial charge in [-0.3, -0.25) is 0 Å². The van der Waals surface area contributed by atoms with Crippen LogP contribution in [0, 0.1) is 13.8 Å². The van der Waals surface area contributed by atoms with E-state index in [9.17, 15) is 0 Å². The van der Waals surface area contributed by atoms with Crippen molar-refractivity contribution in [3.8, 4) is 0 Å². The fraction of sp³-hybridized carbons (Fsp3) is 0.875. The molecule has 0 aliphatic heterocycles. The molecule has 0 unspecified atom stereocenters. The van der Waals surface area contributed by atoms with Crippen LogP contribution in [0.2, 0.25) is 0 Å². The summed E-state index contributed by atoms with van der Waals surface area (Å²) < 4.78 is 0. The summed E-state index contributed by atoms with van der Waals surface area (Å²) in [5.41, 5.74) is 0. The Morgan fingerprint density at radius 1 is 0.556 bits per heavy atom. The molecule has 0 saturated heterocycles. The third-order valence-corrected chi connectivity index (χ3v) is 2.71. The van der Waals surface area contributed by atoms with Crippen LogP contribution in [0.15, 0.2) is 0 Å². The summed E-state index contributed by atoms with van der Waals surface area (Å²) in [6, 6.07) is 0. The predicted molar refractivity (Wildman–Crippen MR) is 119 cm³/mol. The van der Waals surface area contributed by atoms with Gasteiger partial charge in [-0.05, 0) is 23.6 Å². The molecule has 0 fully saturated rings. The van der Waals surface area contributed by atoms with Gasteiger partial charge in [0.25, 0.3) is 0 Å². The van der Waals surface area contributed by atoms with Crippen molar-refractivity contribution >= 4 is 37.1 Å². The van der Waals surface area contributed by atoms with Crippen molar-refractivity contribution in [1.29, 1.82) is 0 Å². The maximum Gasteiger partial charge on any atom is 2.00 e. The zero-order chi connectivity index (χ0) is 21.5. The minimum Gasteiger partial charge on any atom is -0.343 e. The van der Waals surface area contributed by atoms with E-state index in [1.807, 2.05) is 0 Å². The molecule has 0 heterocycles. The summed E-state index contributed by atoms with van der Waals surface area (Å²) in [4.78, 5) is 45.3. The Hall–Kier alpha value is 1.68. The van der Waals surface area contributed by atoms with E-state index in [2.05, 4.69) is 51.3 Å². The smallest absolute Gasteiger partial charge is 0.343 e. The van der Waals surface area contributed by atoms with E-state index in [1.54, 1.807) is 0 Å². The molecule has 0 radical (unpaired) electrons. The molecule has 6 N–H and O–H groups in total. The number of hydrogen-bond donors (Lipinski definition) is 6. The molecular weight excluding hydrogens is 480 g/mol. The first-order valence-corrected chi connectivity index (χ1v) is 14.3. The van der Waals surface area contributed by atoms with Crippen LogP contribution in [0.4, 0.5) is 0 Å². The molecule has 0 aliphatic carbocycles. The molecule has 6 nitrogen and oxygen atoms in total. The van der Waals surface area contributed by atoms with Crippen LogP contribution >= 0.6 is 13.4 Å². The summed E-state index contributed by atoms with van der Waals surface area (Å²) in [7, 11) is 0. The fourth-order valence-electron chi connectivity index (χ4n) is 1.56. The fourth-order valence-corrected chi connectivity index (χ4v) is 1.56. The van der Waals surface area contributed by atoms with Crippen LogP contribution in [-0.4, -0.2) is 29.4 Å². The second-order valence-electron chi connectivity index (χ2n) is 5.56. The van der Waals surface area contributed by atoms with Gasteiger partial charge in [0.05, 0.1) is 0 Å². The van der Waals surface area contributed by atoms with E-state index >= 15 is 0 Å². The van der Waals surface area contributed by atoms with Crippen LogP contribution < -0.4 is 0 Å². The average molecular weight is 520 g/mol. The summed E-state index contributed by atoms with van der Waals surface area (Å²) in [5.74, 6) is 0. The summed E-state index contributed by atoms with van der Waals surface area (Å²) in [5, 5.41) is 0. The van der Waals surface area contributed by atoms with Gasteiger partial charge in [0.1, 0.15) is 0 Å². The van der Waals surface area contributed by atoms with Gasteiger partial charge in [-0.1, -0.05) is 78.1 Å². The van der Waals surface area contributed by atoms with Gasteiger partial charge in [-0.15, -0.1) is 0 Å². The van der Waals surface area contributed by atoms with Crippen molar-refractivity contribution in [3.63, 3.8) is 0 Å². The minimum absolute atomic E-state index is 0. The molecule has 0 spiro atoms. The monoisotopic (exact) mass is 518 g/mol. The first-order chi connectivity index (χ1) is 11.8. The van der Waals surface area contributed by atoms with Crippen LogP contribution in [0.5, 0.6) is 0 Å². The van der Waals surface area contributed by atoms with E-state index in [0.717, 1.165) is 12.8 Å². The SMILES string of the molecule is OP(O)(O)=S.OP(O)(O)=S.[CH2-]CCCCCCC.[CH2-]CCCCCCC.[Zn+2]. The molecule has 0 aromatic heterocycles. The second kappa shape index (κ2) is 29.9. The molecule has 0 atom stereocenters. The molecule has 0 aliphatic rings. The van der Waals surface area contributed by atoms with Crippen molar-refractivity contribution in [1.82, 2.24) is 0 Å². The zero-order valence-electron chi connectivity index (χ0n) is 17.0. The Bertz CT molecular complexity index is 280. The molecular formula is C16H40O6P2S2Zn. The molecule has 0 rings (SSSR count). The van der Waals surface area contributed by atoms with Gasteiger partial charge >= 0.3 is 32.9 Å². The van der Waals surface area contributed by atoms with E-state index in [4.69, 9.17) is 29.4 Å². The first-order valence-electron chi connectivity index (χ1n) is 8.98. The largest absolute Gasteiger partial charge is 2.00 e. The molecule has 0 bridgehead atoms. The average Bonchev–Trinajstić information content (AvgIpc) is 2.46. The van der Waals surface area contributed by atoms with E-state index < -0.39 is 13.4 Å². The number of hydrogen-bond acceptors (Lipinski definition) is 2. The van der Waals surface area contributed by atoms with Crippen molar-refractivity contribution < 1.29 is 48.8 Å². The van der Waals surface area contributed by atoms with Crippen molar-refractivity contribution in [2.45, 2.75) is 90.9 Å². The van der Waals surface area contributed by atoms with Crippen LogP contribution in [0.25, 0.3) is 0 Å². The van der Waals surface area contributed by atoms with Crippen LogP contribution in [0.1, 0.15) is 90.9 Å². The molecule has 27 heavy (non-hydrogen) atoms. The molecule has 164 valence electrons. The quantitative estimate of drug-likeness (QED) is 0.106. The molecule has 0 saturated carbocycles. The Balaban J connectivity index is -0.0000000807. The molecule has 11 heteroatoms. The number of unbranched alkanes of at least 4 members (excludes halogenated alkanes) is 10. The standard InChI is InChI=1S/2C8H17.2H3O3PS.Zn/c2*1-3-5-7-8-6-4-2;2*1-4(2,3)5;/h2*1,3-8H2,2H3;2*(H3,1,2,3,5);/q2*-1;;;+2. The topological polar surface area (TPSA) is 121 Å². The summed E-state index contributed by atoms with van der Waals surface area (Å²) >= 11 is 7.21. The van der Waals surface area contributed by atoms with Gasteiger partial charge in [-0.2, -0.15) is 12.8 Å². The van der Waals surface area contributed by atoms with Gasteiger partial charge < -0.3 is 43.2 Å². The molecule has 0 aromatic carbocycles. The maximum atomic E-state index is 7.56. The Morgan fingerprint density at radius 2 is 0.741 bits per heavy atom. The Morgan fingerprint density at radius 3 is 0.889 bits per heavy atom. The van der Waals surface area contributed by atoms with Gasteiger partial charge in [0.2, 0.25) is 0 Å². The normalized spacial score (nSPS) is 10.1. The summed E-state index contributed by atoms with van der Waals surface area (Å²) in [6.07, 6.45) is 16.0. The van der Waals surface area contributed by atoms with Crippen molar-refractivity contribution in [2.75, 3.05) is 0 Å². The first kappa shape index (κ1) is 39.2. The van der Waals surface area contributed by atoms with E-state index in [0.29, 0.717) is 0 Å². The third kappa shape index (κ3) is 134. The second-order valence-corrected chi connectivity index (χ2v) is 10.6. The van der Waals surface area contributed by atoms with Crippen LogP contribution in [-0.2, 0) is 43.1 Å². The van der Waals surface area contributed by atoms with Crippen molar-refractivity contribution in [2.24, 2.45) is 0 Å². The van der Waals surface area contributed by atoms with Gasteiger partial charge in [-0.25, -0.2) is 0 Å². The Labute approximate surface area is 190 Å².